The van der Waals surface area contributed by atoms with Gasteiger partial charge in [-0.25, -0.2) is 4.79 Å². The molecule has 6 rings (SSSR count). The summed E-state index contributed by atoms with van der Waals surface area (Å²) in [6.07, 6.45) is 10.5. The third-order valence-electron chi connectivity index (χ3n) is 14.6. The maximum Gasteiger partial charge on any atom is 0.352 e. The van der Waals surface area contributed by atoms with E-state index in [4.69, 9.17) is 0 Å². The van der Waals surface area contributed by atoms with Crippen LogP contribution in [-0.4, -0.2) is 22.9 Å². The molecule has 6 nitrogen and oxygen atoms in total. The summed E-state index contributed by atoms with van der Waals surface area (Å²) in [6.45, 7) is 22.3. The first-order valence-electron chi connectivity index (χ1n) is 18.3. The molecular weight excluding hydrogens is 586 g/mol. The maximum atomic E-state index is 13.3. The van der Waals surface area contributed by atoms with Crippen LogP contribution in [0.3, 0.4) is 0 Å². The molecule has 0 heterocycles. The van der Waals surface area contributed by atoms with E-state index in [1.807, 2.05) is 44.2 Å². The number of hydrogen-bond donors (Lipinski definition) is 2. The van der Waals surface area contributed by atoms with E-state index in [9.17, 15) is 19.6 Å². The number of rotatable bonds is 4. The average Bonchev–Trinajstić information content (AvgIpc) is 3.30. The van der Waals surface area contributed by atoms with Gasteiger partial charge in [0.1, 0.15) is 5.41 Å². The van der Waals surface area contributed by atoms with E-state index < -0.39 is 11.4 Å². The van der Waals surface area contributed by atoms with Crippen molar-refractivity contribution in [2.75, 3.05) is 0 Å². The fourth-order valence-corrected chi connectivity index (χ4v) is 12.4. The van der Waals surface area contributed by atoms with Crippen LogP contribution in [0.2, 0.25) is 0 Å². The molecule has 0 bridgehead atoms. The summed E-state index contributed by atoms with van der Waals surface area (Å²) in [6, 6.07) is 9.93. The van der Waals surface area contributed by atoms with Crippen LogP contribution in [0.4, 0.5) is 0 Å². The van der Waals surface area contributed by atoms with E-state index in [-0.39, 0.29) is 46.3 Å². The average molecular weight is 648 g/mol. The van der Waals surface area contributed by atoms with Crippen molar-refractivity contribution in [3.8, 4) is 0 Å². The Morgan fingerprint density at radius 3 is 2.15 bits per heavy atom. The van der Waals surface area contributed by atoms with Crippen molar-refractivity contribution < 1.29 is 24.5 Å². The highest BCUT2D eigenvalue weighted by atomic mass is 17.1. The Labute approximate surface area is 283 Å². The highest BCUT2D eigenvalue weighted by Crippen LogP contribution is 2.76. The van der Waals surface area contributed by atoms with Gasteiger partial charge in [0.25, 0.3) is 0 Å². The molecule has 47 heavy (non-hydrogen) atoms. The van der Waals surface area contributed by atoms with E-state index in [2.05, 4.69) is 58.7 Å². The Bertz CT molecular complexity index is 1430. The fraction of sp³-hybridized carbons (Fsp3) is 0.732. The summed E-state index contributed by atoms with van der Waals surface area (Å²) in [5.41, 5.74) is 2.80. The SMILES string of the molecule is CC(=O)NC(C)(C)c1ccccc1.CC(C)C1=C2[C@H]3CC[C@@H]4[C@@]5(C)CCCC(C)(C)[C@@H]5CC[C@@]4(C)[C@]3(C)CC[C@@]2(C(=O)OO)CC1=O. The van der Waals surface area contributed by atoms with Gasteiger partial charge in [-0.1, -0.05) is 85.2 Å². The smallest absolute Gasteiger partial charge is 0.347 e. The second-order valence-electron chi connectivity index (χ2n) is 18.2. The van der Waals surface area contributed by atoms with Crippen molar-refractivity contribution in [2.45, 2.75) is 139 Å². The molecule has 5 aliphatic carbocycles. The molecule has 0 saturated heterocycles. The second-order valence-corrected chi connectivity index (χ2v) is 18.2. The quantitative estimate of drug-likeness (QED) is 0.251. The lowest BCUT2D eigenvalue weighted by atomic mass is 9.33. The topological polar surface area (TPSA) is 92.7 Å². The largest absolute Gasteiger partial charge is 0.352 e. The number of carbonyl (C=O) groups excluding carboxylic acids is 3. The Balaban J connectivity index is 0.000000281. The van der Waals surface area contributed by atoms with E-state index in [0.717, 1.165) is 35.5 Å². The molecular formula is C41H61NO5. The van der Waals surface area contributed by atoms with Crippen molar-refractivity contribution in [2.24, 2.45) is 50.7 Å². The van der Waals surface area contributed by atoms with Gasteiger partial charge in [-0.05, 0) is 127 Å². The first kappa shape index (κ1) is 35.8. The Hall–Kier alpha value is -2.47. The van der Waals surface area contributed by atoms with Crippen molar-refractivity contribution in [3.63, 3.8) is 0 Å². The van der Waals surface area contributed by atoms with E-state index >= 15 is 0 Å². The monoisotopic (exact) mass is 647 g/mol. The molecule has 1 aromatic carbocycles. The zero-order chi connectivity index (χ0) is 34.8. The standard InChI is InChI=1S/C30H46O4.C11H15NO/c1-18(2)23-20(31)17-30(25(32)34-33)16-15-28(6)19(24(23)30)9-10-22-27(5)13-8-12-26(3,4)21(27)11-14-29(22,28)7;1-9(13)12-11(2,3)10-7-5-4-6-8-10/h18-19,21-22,33H,8-17H2,1-7H3;4-8H,1-3H3,(H,12,13)/t19-,21+,22-,27+,28-,29-,30-;/m1./s1. The van der Waals surface area contributed by atoms with Crippen LogP contribution in [-0.2, 0) is 24.8 Å². The van der Waals surface area contributed by atoms with E-state index in [0.29, 0.717) is 23.2 Å². The molecule has 2 N–H and O–H groups in total. The number of amides is 1. The van der Waals surface area contributed by atoms with Crippen LogP contribution < -0.4 is 5.32 Å². The van der Waals surface area contributed by atoms with Crippen molar-refractivity contribution in [1.29, 1.82) is 0 Å². The van der Waals surface area contributed by atoms with Gasteiger partial charge in [-0.15, -0.1) is 0 Å². The van der Waals surface area contributed by atoms with Gasteiger partial charge in [0.2, 0.25) is 5.91 Å². The molecule has 0 aromatic heterocycles. The van der Waals surface area contributed by atoms with Gasteiger partial charge >= 0.3 is 5.97 Å². The Morgan fingerprint density at radius 1 is 0.894 bits per heavy atom. The minimum atomic E-state index is -0.952. The van der Waals surface area contributed by atoms with E-state index in [1.165, 1.54) is 45.4 Å². The van der Waals surface area contributed by atoms with Crippen LogP contribution in [0.15, 0.2) is 41.5 Å². The van der Waals surface area contributed by atoms with Crippen molar-refractivity contribution in [3.05, 3.63) is 47.0 Å². The van der Waals surface area contributed by atoms with Gasteiger partial charge < -0.3 is 10.2 Å². The fourth-order valence-electron chi connectivity index (χ4n) is 12.4. The first-order chi connectivity index (χ1) is 21.8. The number of allylic oxidation sites excluding steroid dienone is 1. The highest BCUT2D eigenvalue weighted by molar-refractivity contribution is 6.05. The zero-order valence-corrected chi connectivity index (χ0v) is 30.8. The molecule has 5 aliphatic rings. The summed E-state index contributed by atoms with van der Waals surface area (Å²) in [5, 5.41) is 12.4. The molecule has 1 aromatic rings. The maximum absolute atomic E-state index is 13.3. The number of Topliss-reactive ketones (excluding diaryl/α,β-unsaturated/α-hetero) is 1. The predicted octanol–water partition coefficient (Wildman–Crippen LogP) is 9.43. The van der Waals surface area contributed by atoms with Gasteiger partial charge in [0, 0.05) is 13.3 Å². The van der Waals surface area contributed by atoms with Gasteiger partial charge in [0.05, 0.1) is 5.54 Å². The van der Waals surface area contributed by atoms with Gasteiger partial charge in [-0.3, -0.25) is 9.59 Å². The van der Waals surface area contributed by atoms with Crippen molar-refractivity contribution in [1.82, 2.24) is 5.32 Å². The van der Waals surface area contributed by atoms with Crippen LogP contribution in [0.25, 0.3) is 0 Å². The number of nitrogens with one attached hydrogen (secondary N) is 1. The molecule has 1 amide bonds. The number of ketones is 1. The number of fused-ring (bicyclic) bond motifs is 7. The Morgan fingerprint density at radius 2 is 1.55 bits per heavy atom. The minimum absolute atomic E-state index is 0.00569. The van der Waals surface area contributed by atoms with Gasteiger partial charge in [0.15, 0.2) is 5.78 Å². The number of benzene rings is 1. The first-order valence-corrected chi connectivity index (χ1v) is 18.3. The zero-order valence-electron chi connectivity index (χ0n) is 30.8. The molecule has 6 heteroatoms. The predicted molar refractivity (Wildman–Crippen MR) is 186 cm³/mol. The third-order valence-corrected chi connectivity index (χ3v) is 14.6. The number of hydrogen-bond acceptors (Lipinski definition) is 5. The lowest BCUT2D eigenvalue weighted by molar-refractivity contribution is -0.250. The second kappa shape index (κ2) is 12.1. The molecule has 0 aliphatic heterocycles. The van der Waals surface area contributed by atoms with Gasteiger partial charge in [-0.2, -0.15) is 5.26 Å². The minimum Gasteiger partial charge on any atom is -0.347 e. The van der Waals surface area contributed by atoms with E-state index in [1.54, 1.807) is 0 Å². The van der Waals surface area contributed by atoms with Crippen LogP contribution >= 0.6 is 0 Å². The van der Waals surface area contributed by atoms with Crippen LogP contribution in [0.1, 0.15) is 139 Å². The molecule has 7 atom stereocenters. The summed E-state index contributed by atoms with van der Waals surface area (Å²) in [4.78, 5) is 41.7. The molecule has 4 saturated carbocycles. The summed E-state index contributed by atoms with van der Waals surface area (Å²) in [7, 11) is 0. The van der Waals surface area contributed by atoms with Crippen LogP contribution in [0.5, 0.6) is 0 Å². The number of carbonyl (C=O) groups is 3. The Kier molecular flexibility index (Phi) is 9.25. The molecule has 0 radical (unpaired) electrons. The highest BCUT2D eigenvalue weighted by Gasteiger charge is 2.70. The lowest BCUT2D eigenvalue weighted by Gasteiger charge is -2.71. The summed E-state index contributed by atoms with van der Waals surface area (Å²) >= 11 is 0. The molecule has 260 valence electrons. The third kappa shape index (κ3) is 5.53. The summed E-state index contributed by atoms with van der Waals surface area (Å²) in [5.74, 6) is 1.23. The summed E-state index contributed by atoms with van der Waals surface area (Å²) < 4.78 is 0. The van der Waals surface area contributed by atoms with Crippen molar-refractivity contribution >= 4 is 17.7 Å². The molecule has 0 unspecified atom stereocenters. The normalized spacial score (nSPS) is 37.4. The van der Waals surface area contributed by atoms with Crippen LogP contribution in [0, 0.1) is 50.7 Å². The lowest BCUT2D eigenvalue weighted by Crippen LogP contribution is -2.64. The molecule has 4 fully saturated rings. The molecule has 0 spiro atoms.